The fourth-order valence-corrected chi connectivity index (χ4v) is 5.24. The van der Waals surface area contributed by atoms with Gasteiger partial charge in [0.25, 0.3) is 0 Å². The molecule has 2 rings (SSSR count). The minimum absolute atomic E-state index is 0.267. The van der Waals surface area contributed by atoms with Crippen LogP contribution in [0.1, 0.15) is 63.5 Å². The van der Waals surface area contributed by atoms with Crippen molar-refractivity contribution in [2.75, 3.05) is 0 Å². The lowest BCUT2D eigenvalue weighted by Crippen LogP contribution is -2.21. The van der Waals surface area contributed by atoms with Crippen molar-refractivity contribution in [2.24, 2.45) is 0 Å². The molecular formula is C20H30Si. The first kappa shape index (κ1) is 16.3. The third-order valence-electron chi connectivity index (χ3n) is 4.70. The molecule has 0 amide bonds. The minimum atomic E-state index is -0.267. The Hall–Kier alpha value is -1.08. The van der Waals surface area contributed by atoms with E-state index in [9.17, 15) is 0 Å². The van der Waals surface area contributed by atoms with Crippen molar-refractivity contribution in [2.45, 2.75) is 65.7 Å². The van der Waals surface area contributed by atoms with Crippen LogP contribution in [0.2, 0.25) is 0 Å². The van der Waals surface area contributed by atoms with Gasteiger partial charge in [-0.05, 0) is 50.2 Å². The first-order chi connectivity index (χ1) is 10.3. The van der Waals surface area contributed by atoms with Gasteiger partial charge in [-0.3, -0.25) is 0 Å². The van der Waals surface area contributed by atoms with Crippen LogP contribution in [0, 0.1) is 6.92 Å². The van der Waals surface area contributed by atoms with Crippen LogP contribution < -0.4 is 5.19 Å². The summed E-state index contributed by atoms with van der Waals surface area (Å²) >= 11 is 0. The molecule has 1 aliphatic rings. The summed E-state index contributed by atoms with van der Waals surface area (Å²) in [4.78, 5) is 0. The molecule has 0 saturated heterocycles. The fraction of sp³-hybridized carbons (Fsp3) is 0.500. The Morgan fingerprint density at radius 3 is 2.57 bits per heavy atom. The summed E-state index contributed by atoms with van der Waals surface area (Å²) in [6.07, 6.45) is 13.8. The van der Waals surface area contributed by atoms with Crippen molar-refractivity contribution in [3.8, 4) is 0 Å². The van der Waals surface area contributed by atoms with Crippen molar-refractivity contribution < 1.29 is 0 Å². The van der Waals surface area contributed by atoms with Gasteiger partial charge in [-0.25, -0.2) is 0 Å². The first-order valence-corrected chi connectivity index (χ1v) is 10.1. The van der Waals surface area contributed by atoms with Gasteiger partial charge >= 0.3 is 0 Å². The van der Waals surface area contributed by atoms with E-state index in [2.05, 4.69) is 51.1 Å². The molecule has 1 heteroatoms. The molecule has 1 aliphatic carbocycles. The number of unbranched alkanes of at least 4 members (excludes halogenated alkanes) is 2. The summed E-state index contributed by atoms with van der Waals surface area (Å²) in [5, 5.41) is 3.47. The maximum absolute atomic E-state index is 2.40. The molecule has 0 N–H and O–H groups in total. The van der Waals surface area contributed by atoms with Crippen LogP contribution in [0.15, 0.2) is 41.1 Å². The van der Waals surface area contributed by atoms with Crippen LogP contribution in [0.25, 0.3) is 0 Å². The molecule has 0 fully saturated rings. The van der Waals surface area contributed by atoms with Gasteiger partial charge < -0.3 is 0 Å². The minimum Gasteiger partial charge on any atom is -0.0806 e. The molecule has 0 heterocycles. The molecule has 0 atom stereocenters. The van der Waals surface area contributed by atoms with Crippen LogP contribution >= 0.6 is 0 Å². The predicted molar refractivity (Wildman–Crippen MR) is 98.3 cm³/mol. The van der Waals surface area contributed by atoms with E-state index in [1.54, 1.807) is 27.1 Å². The molecule has 0 unspecified atom stereocenters. The monoisotopic (exact) mass is 298 g/mol. The van der Waals surface area contributed by atoms with E-state index >= 15 is 0 Å². The molecule has 21 heavy (non-hydrogen) atoms. The largest absolute Gasteiger partial charge is 0.0835 e. The molecule has 0 aromatic heterocycles. The zero-order valence-electron chi connectivity index (χ0n) is 14.0. The second-order valence-electron chi connectivity index (χ2n) is 6.32. The maximum atomic E-state index is 2.40. The lowest BCUT2D eigenvalue weighted by molar-refractivity contribution is 0.792. The van der Waals surface area contributed by atoms with Gasteiger partial charge in [-0.1, -0.05) is 73.0 Å². The molecule has 0 saturated carbocycles. The van der Waals surface area contributed by atoms with E-state index in [0.29, 0.717) is 0 Å². The van der Waals surface area contributed by atoms with E-state index in [1.165, 1.54) is 44.9 Å². The van der Waals surface area contributed by atoms with Crippen molar-refractivity contribution in [3.63, 3.8) is 0 Å². The van der Waals surface area contributed by atoms with E-state index in [1.807, 2.05) is 0 Å². The molecule has 0 bridgehead atoms. The second-order valence-corrected chi connectivity index (χ2v) is 8.29. The molecule has 0 aliphatic heterocycles. The Kier molecular flexibility index (Phi) is 6.50. The lowest BCUT2D eigenvalue weighted by Gasteiger charge is -2.13. The van der Waals surface area contributed by atoms with Crippen molar-refractivity contribution in [1.29, 1.82) is 0 Å². The summed E-state index contributed by atoms with van der Waals surface area (Å²) in [7, 11) is -0.267. The zero-order chi connectivity index (χ0) is 15.1. The Labute approximate surface area is 133 Å². The Morgan fingerprint density at radius 1 is 1.05 bits per heavy atom. The van der Waals surface area contributed by atoms with Gasteiger partial charge in [-0.2, -0.15) is 0 Å². The molecule has 1 aromatic carbocycles. The molecule has 0 nitrogen and oxygen atoms in total. The van der Waals surface area contributed by atoms with Gasteiger partial charge in [0.15, 0.2) is 0 Å². The van der Waals surface area contributed by atoms with Gasteiger partial charge in [-0.15, -0.1) is 0 Å². The number of benzene rings is 1. The SMILES string of the molecule is CCCCC1=C([SiH2]c2cccc(CCCC)c2C)CC=C1. The Bertz CT molecular complexity index is 523. The van der Waals surface area contributed by atoms with Crippen molar-refractivity contribution in [1.82, 2.24) is 0 Å². The van der Waals surface area contributed by atoms with E-state index < -0.39 is 0 Å². The zero-order valence-corrected chi connectivity index (χ0v) is 15.5. The number of hydrogen-bond donors (Lipinski definition) is 0. The number of allylic oxidation sites excluding steroid dienone is 4. The fourth-order valence-electron chi connectivity index (χ4n) is 3.20. The third kappa shape index (κ3) is 4.44. The van der Waals surface area contributed by atoms with Gasteiger partial charge in [0.1, 0.15) is 0 Å². The lowest BCUT2D eigenvalue weighted by atomic mass is 10.0. The summed E-state index contributed by atoms with van der Waals surface area (Å²) in [6.45, 7) is 6.92. The summed E-state index contributed by atoms with van der Waals surface area (Å²) in [6, 6.07) is 7.01. The van der Waals surface area contributed by atoms with Crippen LogP contribution in [0.5, 0.6) is 0 Å². The van der Waals surface area contributed by atoms with E-state index in [4.69, 9.17) is 0 Å². The standard InChI is InChI=1S/C20H30Si/c1-4-6-10-17-12-8-14-19(16(17)3)21-20-15-9-13-18(20)11-7-5-2/h8-9,12-14H,4-7,10-11,15,21H2,1-3H3. The highest BCUT2D eigenvalue weighted by Crippen LogP contribution is 2.23. The highest BCUT2D eigenvalue weighted by Gasteiger charge is 2.12. The van der Waals surface area contributed by atoms with Crippen LogP contribution in [-0.2, 0) is 6.42 Å². The summed E-state index contributed by atoms with van der Waals surface area (Å²) in [5.41, 5.74) is 4.84. The quantitative estimate of drug-likeness (QED) is 0.618. The van der Waals surface area contributed by atoms with Crippen LogP contribution in [-0.4, -0.2) is 9.52 Å². The second kappa shape index (κ2) is 8.38. The normalized spacial score (nSPS) is 14.8. The van der Waals surface area contributed by atoms with E-state index in [-0.39, 0.29) is 9.52 Å². The molecule has 1 aromatic rings. The highest BCUT2D eigenvalue weighted by atomic mass is 28.2. The van der Waals surface area contributed by atoms with E-state index in [0.717, 1.165) is 0 Å². The van der Waals surface area contributed by atoms with Crippen LogP contribution in [0.3, 0.4) is 0 Å². The Morgan fingerprint density at radius 2 is 1.81 bits per heavy atom. The topological polar surface area (TPSA) is 0 Å². The average Bonchev–Trinajstić information content (AvgIpc) is 2.93. The van der Waals surface area contributed by atoms with Crippen LogP contribution in [0.4, 0.5) is 0 Å². The average molecular weight is 299 g/mol. The predicted octanol–water partition coefficient (Wildman–Crippen LogP) is 4.54. The van der Waals surface area contributed by atoms with Gasteiger partial charge in [0.2, 0.25) is 0 Å². The Balaban J connectivity index is 2.12. The third-order valence-corrected chi connectivity index (χ3v) is 7.02. The molecule has 114 valence electrons. The summed E-state index contributed by atoms with van der Waals surface area (Å²) < 4.78 is 0. The number of rotatable bonds is 8. The smallest absolute Gasteiger partial charge is 0.0806 e. The highest BCUT2D eigenvalue weighted by molar-refractivity contribution is 6.62. The first-order valence-electron chi connectivity index (χ1n) is 8.71. The van der Waals surface area contributed by atoms with Gasteiger partial charge in [0.05, 0.1) is 9.52 Å². The van der Waals surface area contributed by atoms with Gasteiger partial charge in [0, 0.05) is 0 Å². The van der Waals surface area contributed by atoms with Crippen molar-refractivity contribution in [3.05, 3.63) is 52.2 Å². The molecule has 0 spiro atoms. The van der Waals surface area contributed by atoms with Crippen molar-refractivity contribution >= 4 is 14.7 Å². The number of hydrogen-bond acceptors (Lipinski definition) is 0. The number of aryl methyl sites for hydroxylation is 1. The maximum Gasteiger partial charge on any atom is 0.0835 e. The summed E-state index contributed by atoms with van der Waals surface area (Å²) in [5.74, 6) is 0. The molecule has 0 radical (unpaired) electrons. The molecular weight excluding hydrogens is 268 g/mol.